The molecule has 118 valence electrons. The molecule has 1 aromatic heterocycles. The van der Waals surface area contributed by atoms with Gasteiger partial charge in [0.05, 0.1) is 11.6 Å². The van der Waals surface area contributed by atoms with Gasteiger partial charge in [0, 0.05) is 45.1 Å². The lowest BCUT2D eigenvalue weighted by atomic mass is 10.3. The summed E-state index contributed by atoms with van der Waals surface area (Å²) < 4.78 is 5.11. The maximum absolute atomic E-state index is 12.5. The molecule has 2 rings (SSSR count). The highest BCUT2D eigenvalue weighted by Gasteiger charge is 2.21. The summed E-state index contributed by atoms with van der Waals surface area (Å²) in [6.45, 7) is 5.70. The van der Waals surface area contributed by atoms with Gasteiger partial charge in [0.25, 0.3) is 5.91 Å². The zero-order chi connectivity index (χ0) is 15.1. The van der Waals surface area contributed by atoms with Crippen molar-refractivity contribution in [2.75, 3.05) is 53.0 Å². The van der Waals surface area contributed by atoms with Crippen molar-refractivity contribution in [3.05, 3.63) is 16.1 Å². The van der Waals surface area contributed by atoms with E-state index in [1.54, 1.807) is 7.11 Å². The standard InChI is InChI=1S/C14H24N4O2S/c1-20-10-9-17-5-2-6-18(8-7-17)14(19)12-11-21-13(16-12)3-4-15/h11H,2-10,15H2,1H3. The average Bonchev–Trinajstić information content (AvgIpc) is 2.82. The number of aromatic nitrogens is 1. The van der Waals surface area contributed by atoms with Crippen LogP contribution in [0.4, 0.5) is 0 Å². The van der Waals surface area contributed by atoms with Gasteiger partial charge in [-0.1, -0.05) is 0 Å². The van der Waals surface area contributed by atoms with Gasteiger partial charge in [-0.25, -0.2) is 4.98 Å². The molecule has 2 N–H and O–H groups in total. The lowest BCUT2D eigenvalue weighted by Gasteiger charge is -2.21. The second kappa shape index (κ2) is 8.43. The van der Waals surface area contributed by atoms with Crippen LogP contribution in [0, 0.1) is 0 Å². The number of nitrogens with zero attached hydrogens (tertiary/aromatic N) is 3. The maximum atomic E-state index is 12.5. The van der Waals surface area contributed by atoms with Gasteiger partial charge in [-0.3, -0.25) is 9.69 Å². The number of nitrogens with two attached hydrogens (primary N) is 1. The molecule has 0 spiro atoms. The predicted octanol–water partition coefficient (Wildman–Crippen LogP) is 0.439. The van der Waals surface area contributed by atoms with Crippen LogP contribution in [0.3, 0.4) is 0 Å². The van der Waals surface area contributed by atoms with Gasteiger partial charge in [-0.05, 0) is 19.5 Å². The molecule has 0 saturated carbocycles. The minimum Gasteiger partial charge on any atom is -0.383 e. The summed E-state index contributed by atoms with van der Waals surface area (Å²) in [5.41, 5.74) is 6.08. The minimum absolute atomic E-state index is 0.0445. The Labute approximate surface area is 129 Å². The van der Waals surface area contributed by atoms with Crippen molar-refractivity contribution in [3.63, 3.8) is 0 Å². The summed E-state index contributed by atoms with van der Waals surface area (Å²) in [5, 5.41) is 2.79. The summed E-state index contributed by atoms with van der Waals surface area (Å²) in [6, 6.07) is 0. The highest BCUT2D eigenvalue weighted by molar-refractivity contribution is 7.09. The van der Waals surface area contributed by atoms with E-state index in [2.05, 4.69) is 9.88 Å². The van der Waals surface area contributed by atoms with Crippen LogP contribution in [0.1, 0.15) is 21.9 Å². The van der Waals surface area contributed by atoms with Gasteiger partial charge < -0.3 is 15.4 Å². The first-order valence-electron chi connectivity index (χ1n) is 7.39. The minimum atomic E-state index is 0.0445. The van der Waals surface area contributed by atoms with Gasteiger partial charge in [0.2, 0.25) is 0 Å². The molecule has 1 aliphatic rings. The fourth-order valence-electron chi connectivity index (χ4n) is 2.43. The zero-order valence-electron chi connectivity index (χ0n) is 12.6. The van der Waals surface area contributed by atoms with E-state index in [1.807, 2.05) is 10.3 Å². The van der Waals surface area contributed by atoms with Crippen LogP contribution in [0.15, 0.2) is 5.38 Å². The van der Waals surface area contributed by atoms with Crippen molar-refractivity contribution < 1.29 is 9.53 Å². The second-order valence-corrected chi connectivity index (χ2v) is 6.09. The molecule has 0 bridgehead atoms. The third-order valence-electron chi connectivity index (χ3n) is 3.62. The van der Waals surface area contributed by atoms with E-state index < -0.39 is 0 Å². The number of hydrogen-bond donors (Lipinski definition) is 1. The first kappa shape index (κ1) is 16.4. The fraction of sp³-hybridized carbons (Fsp3) is 0.714. The molecule has 0 aromatic carbocycles. The highest BCUT2D eigenvalue weighted by Crippen LogP contribution is 2.14. The number of ether oxygens (including phenoxy) is 1. The van der Waals surface area contributed by atoms with Crippen LogP contribution in [0.2, 0.25) is 0 Å². The van der Waals surface area contributed by atoms with E-state index in [0.717, 1.165) is 57.2 Å². The Morgan fingerprint density at radius 1 is 1.43 bits per heavy atom. The molecule has 7 heteroatoms. The molecule has 0 atom stereocenters. The Bertz CT molecular complexity index is 452. The van der Waals surface area contributed by atoms with Crippen LogP contribution in [0.25, 0.3) is 0 Å². The molecule has 1 aliphatic heterocycles. The summed E-state index contributed by atoms with van der Waals surface area (Å²) >= 11 is 1.52. The molecule has 1 aromatic rings. The van der Waals surface area contributed by atoms with Gasteiger partial charge in [0.1, 0.15) is 5.69 Å². The third-order valence-corrected chi connectivity index (χ3v) is 4.53. The van der Waals surface area contributed by atoms with Crippen molar-refractivity contribution in [2.24, 2.45) is 5.73 Å². The summed E-state index contributed by atoms with van der Waals surface area (Å²) in [5.74, 6) is 0.0445. The number of methoxy groups -OCH3 is 1. The predicted molar refractivity (Wildman–Crippen MR) is 83.7 cm³/mol. The number of hydrogen-bond acceptors (Lipinski definition) is 6. The molecule has 1 fully saturated rings. The zero-order valence-corrected chi connectivity index (χ0v) is 13.4. The van der Waals surface area contributed by atoms with E-state index in [4.69, 9.17) is 10.5 Å². The van der Waals surface area contributed by atoms with Crippen molar-refractivity contribution in [2.45, 2.75) is 12.8 Å². The number of thiazole rings is 1. The van der Waals surface area contributed by atoms with E-state index in [9.17, 15) is 4.79 Å². The third kappa shape index (κ3) is 4.74. The number of carbonyl (C=O) groups excluding carboxylic acids is 1. The Kier molecular flexibility index (Phi) is 6.56. The molecule has 21 heavy (non-hydrogen) atoms. The van der Waals surface area contributed by atoms with Gasteiger partial charge in [-0.15, -0.1) is 11.3 Å². The van der Waals surface area contributed by atoms with Crippen LogP contribution >= 0.6 is 11.3 Å². The van der Waals surface area contributed by atoms with E-state index in [1.165, 1.54) is 11.3 Å². The molecular weight excluding hydrogens is 288 g/mol. The molecule has 0 unspecified atom stereocenters. The van der Waals surface area contributed by atoms with Crippen molar-refractivity contribution in [1.29, 1.82) is 0 Å². The van der Waals surface area contributed by atoms with Crippen LogP contribution in [-0.4, -0.2) is 73.7 Å². The van der Waals surface area contributed by atoms with Crippen LogP contribution < -0.4 is 5.73 Å². The smallest absolute Gasteiger partial charge is 0.273 e. The van der Waals surface area contributed by atoms with Crippen molar-refractivity contribution >= 4 is 17.2 Å². The summed E-state index contributed by atoms with van der Waals surface area (Å²) in [6.07, 6.45) is 1.73. The topological polar surface area (TPSA) is 71.7 Å². The van der Waals surface area contributed by atoms with Gasteiger partial charge in [0.15, 0.2) is 0 Å². The highest BCUT2D eigenvalue weighted by atomic mass is 32.1. The molecule has 6 nitrogen and oxygen atoms in total. The lowest BCUT2D eigenvalue weighted by molar-refractivity contribution is 0.0754. The van der Waals surface area contributed by atoms with Crippen molar-refractivity contribution in [1.82, 2.24) is 14.8 Å². The molecule has 2 heterocycles. The maximum Gasteiger partial charge on any atom is 0.273 e. The van der Waals surface area contributed by atoms with E-state index >= 15 is 0 Å². The molecule has 1 amide bonds. The van der Waals surface area contributed by atoms with Gasteiger partial charge in [-0.2, -0.15) is 0 Å². The number of amides is 1. The van der Waals surface area contributed by atoms with E-state index in [-0.39, 0.29) is 5.91 Å². The SMILES string of the molecule is COCCN1CCCN(C(=O)c2csc(CCN)n2)CC1. The molecule has 0 aliphatic carbocycles. The number of carbonyl (C=O) groups is 1. The fourth-order valence-corrected chi connectivity index (χ4v) is 3.22. The lowest BCUT2D eigenvalue weighted by Crippen LogP contribution is -2.36. The quantitative estimate of drug-likeness (QED) is 0.825. The Hall–Kier alpha value is -1.02. The monoisotopic (exact) mass is 312 g/mol. The first-order chi connectivity index (χ1) is 10.2. The molecule has 1 saturated heterocycles. The second-order valence-electron chi connectivity index (χ2n) is 5.15. The largest absolute Gasteiger partial charge is 0.383 e. The molecule has 0 radical (unpaired) electrons. The Morgan fingerprint density at radius 2 is 2.29 bits per heavy atom. The van der Waals surface area contributed by atoms with Crippen LogP contribution in [0.5, 0.6) is 0 Å². The summed E-state index contributed by atoms with van der Waals surface area (Å²) in [4.78, 5) is 21.1. The first-order valence-corrected chi connectivity index (χ1v) is 8.27. The Balaban J connectivity index is 1.90. The van der Waals surface area contributed by atoms with Gasteiger partial charge >= 0.3 is 0 Å². The average molecular weight is 312 g/mol. The van der Waals surface area contributed by atoms with Crippen molar-refractivity contribution in [3.8, 4) is 0 Å². The summed E-state index contributed by atoms with van der Waals surface area (Å²) in [7, 11) is 1.72. The number of rotatable bonds is 6. The van der Waals surface area contributed by atoms with Crippen LogP contribution in [-0.2, 0) is 11.2 Å². The Morgan fingerprint density at radius 3 is 3.05 bits per heavy atom. The normalized spacial score (nSPS) is 17.0. The van der Waals surface area contributed by atoms with E-state index in [0.29, 0.717) is 12.2 Å². The molecular formula is C14H24N4O2S.